The predicted octanol–water partition coefficient (Wildman–Crippen LogP) is 3.79. The number of alkyl halides is 3. The first-order valence-electron chi connectivity index (χ1n) is 12.6. The Kier molecular flexibility index (Phi) is 9.96. The number of amides is 2. The Morgan fingerprint density at radius 1 is 0.949 bits per heavy atom. The van der Waals surface area contributed by atoms with Gasteiger partial charge in [0.05, 0.1) is 24.6 Å². The van der Waals surface area contributed by atoms with E-state index in [0.29, 0.717) is 44.9 Å². The topological polar surface area (TPSA) is 88.2 Å². The average Bonchev–Trinajstić information content (AvgIpc) is 2.90. The third-order valence-corrected chi connectivity index (χ3v) is 6.67. The minimum Gasteiger partial charge on any atom is -0.489 e. The molecule has 1 aliphatic heterocycles. The Labute approximate surface area is 226 Å². The Bertz CT molecular complexity index is 1140. The molecule has 2 aromatic rings. The van der Waals surface area contributed by atoms with Gasteiger partial charge in [0.2, 0.25) is 11.8 Å². The number of piperazine rings is 1. The molecule has 0 aromatic heterocycles. The highest BCUT2D eigenvalue weighted by Crippen LogP contribution is 2.40. The van der Waals surface area contributed by atoms with Crippen molar-refractivity contribution in [3.8, 4) is 5.75 Å². The maximum atomic E-state index is 13.0. The van der Waals surface area contributed by atoms with Crippen LogP contribution in [0.1, 0.15) is 41.8 Å². The van der Waals surface area contributed by atoms with E-state index >= 15 is 0 Å². The Morgan fingerprint density at radius 3 is 2.21 bits per heavy atom. The fourth-order valence-electron chi connectivity index (χ4n) is 4.04. The van der Waals surface area contributed by atoms with Gasteiger partial charge in [0.1, 0.15) is 12.4 Å². The molecule has 8 nitrogen and oxygen atoms in total. The van der Waals surface area contributed by atoms with Crippen LogP contribution in [0.25, 0.3) is 0 Å². The molecule has 1 saturated heterocycles. The zero-order valence-corrected chi connectivity index (χ0v) is 22.3. The first-order chi connectivity index (χ1) is 18.4. The number of ether oxygens (including phenoxy) is 2. The summed E-state index contributed by atoms with van der Waals surface area (Å²) in [5, 5.41) is 2.32. The van der Waals surface area contributed by atoms with E-state index in [0.717, 1.165) is 30.7 Å². The number of carbonyl (C=O) groups is 3. The molecule has 0 saturated carbocycles. The SMILES string of the molecule is COC(=O)c1ccc(COc2ccccc2CN2CCN(C(=O)CNC(=O)CC(C)(C)C(F)(F)F)CC2)cc1. The van der Waals surface area contributed by atoms with Crippen molar-refractivity contribution in [1.29, 1.82) is 0 Å². The summed E-state index contributed by atoms with van der Waals surface area (Å²) in [4.78, 5) is 39.8. The van der Waals surface area contributed by atoms with Crippen LogP contribution in [0.15, 0.2) is 48.5 Å². The molecule has 11 heteroatoms. The number of benzene rings is 2. The number of hydrogen-bond acceptors (Lipinski definition) is 6. The fourth-order valence-corrected chi connectivity index (χ4v) is 4.04. The van der Waals surface area contributed by atoms with Crippen LogP contribution in [0, 0.1) is 5.41 Å². The van der Waals surface area contributed by atoms with Crippen molar-refractivity contribution in [2.24, 2.45) is 5.41 Å². The molecule has 39 heavy (non-hydrogen) atoms. The molecular weight excluding hydrogens is 515 g/mol. The predicted molar refractivity (Wildman–Crippen MR) is 138 cm³/mol. The van der Waals surface area contributed by atoms with Crippen LogP contribution in [-0.4, -0.2) is 73.6 Å². The smallest absolute Gasteiger partial charge is 0.394 e. The van der Waals surface area contributed by atoms with Gasteiger partial charge in [-0.15, -0.1) is 0 Å². The lowest BCUT2D eigenvalue weighted by molar-refractivity contribution is -0.213. The summed E-state index contributed by atoms with van der Waals surface area (Å²) in [7, 11) is 1.33. The van der Waals surface area contributed by atoms with E-state index in [1.807, 2.05) is 36.4 Å². The average molecular weight is 550 g/mol. The Morgan fingerprint density at radius 2 is 1.59 bits per heavy atom. The quantitative estimate of drug-likeness (QED) is 0.454. The number of esters is 1. The first-order valence-corrected chi connectivity index (χ1v) is 12.6. The van der Waals surface area contributed by atoms with Crippen molar-refractivity contribution >= 4 is 17.8 Å². The summed E-state index contributed by atoms with van der Waals surface area (Å²) in [6.07, 6.45) is -5.25. The molecule has 0 aliphatic carbocycles. The van der Waals surface area contributed by atoms with Gasteiger partial charge < -0.3 is 19.7 Å². The van der Waals surface area contributed by atoms with E-state index in [1.165, 1.54) is 7.11 Å². The number of nitrogens with one attached hydrogen (secondary N) is 1. The molecule has 2 amide bonds. The molecule has 0 bridgehead atoms. The summed E-state index contributed by atoms with van der Waals surface area (Å²) in [6, 6.07) is 14.7. The molecule has 1 N–H and O–H groups in total. The fraction of sp³-hybridized carbons (Fsp3) is 0.464. The van der Waals surface area contributed by atoms with Crippen LogP contribution in [0.4, 0.5) is 13.2 Å². The highest BCUT2D eigenvalue weighted by molar-refractivity contribution is 5.89. The van der Waals surface area contributed by atoms with Gasteiger partial charge in [-0.1, -0.05) is 44.2 Å². The normalized spacial score (nSPS) is 14.6. The van der Waals surface area contributed by atoms with Crippen molar-refractivity contribution in [2.45, 2.75) is 39.6 Å². The van der Waals surface area contributed by atoms with Crippen LogP contribution < -0.4 is 10.1 Å². The van der Waals surface area contributed by atoms with Crippen molar-refractivity contribution in [3.05, 3.63) is 65.2 Å². The number of para-hydroxylation sites is 1. The molecule has 3 rings (SSSR count). The third kappa shape index (κ3) is 8.44. The lowest BCUT2D eigenvalue weighted by Gasteiger charge is -2.35. The largest absolute Gasteiger partial charge is 0.489 e. The molecule has 1 heterocycles. The number of nitrogens with zero attached hydrogens (tertiary/aromatic N) is 2. The second-order valence-electron chi connectivity index (χ2n) is 10.1. The second-order valence-corrected chi connectivity index (χ2v) is 10.1. The highest BCUT2D eigenvalue weighted by atomic mass is 19.4. The van der Waals surface area contributed by atoms with E-state index < -0.39 is 29.9 Å². The van der Waals surface area contributed by atoms with Crippen LogP contribution in [0.5, 0.6) is 5.75 Å². The van der Waals surface area contributed by atoms with Crippen molar-refractivity contribution < 1.29 is 37.0 Å². The van der Waals surface area contributed by atoms with E-state index in [9.17, 15) is 27.6 Å². The molecule has 0 spiro atoms. The highest BCUT2D eigenvalue weighted by Gasteiger charge is 2.48. The van der Waals surface area contributed by atoms with Gasteiger partial charge in [-0.3, -0.25) is 14.5 Å². The first kappa shape index (κ1) is 29.9. The number of carbonyl (C=O) groups excluding carboxylic acids is 3. The molecule has 0 unspecified atom stereocenters. The van der Waals surface area contributed by atoms with Gasteiger partial charge in [0.15, 0.2) is 0 Å². The van der Waals surface area contributed by atoms with Gasteiger partial charge in [-0.2, -0.15) is 13.2 Å². The summed E-state index contributed by atoms with van der Waals surface area (Å²) >= 11 is 0. The van der Waals surface area contributed by atoms with E-state index in [4.69, 9.17) is 9.47 Å². The van der Waals surface area contributed by atoms with Crippen molar-refractivity contribution in [3.63, 3.8) is 0 Å². The van der Waals surface area contributed by atoms with Crippen LogP contribution in [-0.2, 0) is 27.5 Å². The number of rotatable bonds is 10. The Balaban J connectivity index is 1.45. The minimum atomic E-state index is -4.51. The zero-order valence-electron chi connectivity index (χ0n) is 22.3. The standard InChI is InChI=1S/C28H34F3N3O5/c1-27(2,28(29,30)31)16-24(35)32-17-25(36)34-14-12-33(13-15-34)18-22-6-4-5-7-23(22)39-19-20-8-10-21(11-9-20)26(37)38-3/h4-11H,12-19H2,1-3H3,(H,32,35). The number of hydrogen-bond donors (Lipinski definition) is 1. The molecule has 0 radical (unpaired) electrons. The van der Waals surface area contributed by atoms with Crippen molar-refractivity contribution in [1.82, 2.24) is 15.1 Å². The molecular formula is C28H34F3N3O5. The lowest BCUT2D eigenvalue weighted by atomic mass is 9.88. The van der Waals surface area contributed by atoms with Gasteiger partial charge in [-0.25, -0.2) is 4.79 Å². The van der Waals surface area contributed by atoms with Crippen LogP contribution in [0.2, 0.25) is 0 Å². The summed E-state index contributed by atoms with van der Waals surface area (Å²) in [5.41, 5.74) is 0.189. The molecule has 0 atom stereocenters. The summed E-state index contributed by atoms with van der Waals surface area (Å²) in [5.74, 6) is -0.794. The van der Waals surface area contributed by atoms with E-state index in [2.05, 4.69) is 10.2 Å². The zero-order chi connectivity index (χ0) is 28.6. The van der Waals surface area contributed by atoms with E-state index in [1.54, 1.807) is 17.0 Å². The summed E-state index contributed by atoms with van der Waals surface area (Å²) < 4.78 is 49.7. The number of methoxy groups -OCH3 is 1. The van der Waals surface area contributed by atoms with Crippen LogP contribution in [0.3, 0.4) is 0 Å². The van der Waals surface area contributed by atoms with E-state index in [-0.39, 0.29) is 12.5 Å². The molecule has 1 aliphatic rings. The maximum Gasteiger partial charge on any atom is 0.394 e. The third-order valence-electron chi connectivity index (χ3n) is 6.67. The number of halogens is 3. The maximum absolute atomic E-state index is 13.0. The van der Waals surface area contributed by atoms with Gasteiger partial charge in [0, 0.05) is 44.7 Å². The van der Waals surface area contributed by atoms with Gasteiger partial charge >= 0.3 is 12.1 Å². The van der Waals surface area contributed by atoms with Crippen molar-refractivity contribution in [2.75, 3.05) is 39.8 Å². The molecule has 1 fully saturated rings. The Hall–Kier alpha value is -3.60. The molecule has 212 valence electrons. The lowest BCUT2D eigenvalue weighted by Crippen LogP contribution is -2.51. The van der Waals surface area contributed by atoms with Crippen LogP contribution >= 0.6 is 0 Å². The molecule has 2 aromatic carbocycles. The van der Waals surface area contributed by atoms with Gasteiger partial charge in [-0.05, 0) is 23.8 Å². The monoisotopic (exact) mass is 549 g/mol. The summed E-state index contributed by atoms with van der Waals surface area (Å²) in [6.45, 7) is 4.62. The van der Waals surface area contributed by atoms with Gasteiger partial charge in [0.25, 0.3) is 0 Å². The minimum absolute atomic E-state index is 0.324. The second kappa shape index (κ2) is 13.0.